The predicted molar refractivity (Wildman–Crippen MR) is 219 cm³/mol. The van der Waals surface area contributed by atoms with Crippen LogP contribution >= 0.6 is 0 Å². The van der Waals surface area contributed by atoms with Crippen molar-refractivity contribution in [3.05, 3.63) is 187 Å². The number of benzene rings is 7. The molecule has 10 aromatic rings. The van der Waals surface area contributed by atoms with Gasteiger partial charge in [0.15, 0.2) is 0 Å². The maximum absolute atomic E-state index is 9.91. The van der Waals surface area contributed by atoms with Gasteiger partial charge in [-0.3, -0.25) is 0 Å². The Morgan fingerprint density at radius 3 is 1.30 bits per heavy atom. The van der Waals surface area contributed by atoms with E-state index in [-0.39, 0.29) is 0 Å². The molecule has 0 spiro atoms. The summed E-state index contributed by atoms with van der Waals surface area (Å²) in [5.41, 5.74) is 12.8. The zero-order valence-electron chi connectivity index (χ0n) is 29.0. The fourth-order valence-electron chi connectivity index (χ4n) is 7.88. The molecule has 0 unspecified atom stereocenters. The number of hydrogen-bond donors (Lipinski definition) is 0. The van der Waals surface area contributed by atoms with Gasteiger partial charge in [-0.15, -0.1) is 0 Å². The van der Waals surface area contributed by atoms with Crippen LogP contribution in [0.25, 0.3) is 88.6 Å². The van der Waals surface area contributed by atoms with Crippen LogP contribution in [-0.4, -0.2) is 14.1 Å². The third kappa shape index (κ3) is 4.96. The molecule has 10 rings (SSSR count). The first-order valence-corrected chi connectivity index (χ1v) is 17.8. The zero-order chi connectivity index (χ0) is 36.2. The maximum atomic E-state index is 9.91. The Bertz CT molecular complexity index is 3000. The molecule has 0 aliphatic rings. The van der Waals surface area contributed by atoms with E-state index in [0.29, 0.717) is 11.1 Å². The summed E-state index contributed by atoms with van der Waals surface area (Å²) in [5.74, 6) is 0. The van der Waals surface area contributed by atoms with Crippen LogP contribution in [0.2, 0.25) is 0 Å². The van der Waals surface area contributed by atoms with E-state index in [1.165, 1.54) is 10.8 Å². The molecule has 7 aromatic carbocycles. The number of fused-ring (bicyclic) bond motifs is 6. The molecule has 0 saturated heterocycles. The minimum absolute atomic E-state index is 0.347. The van der Waals surface area contributed by atoms with Gasteiger partial charge in [0.1, 0.15) is 12.1 Å². The smallest absolute Gasteiger partial charge is 0.101 e. The molecule has 0 saturated carbocycles. The molecule has 0 aliphatic heterocycles. The Hall–Kier alpha value is -7.73. The number of aromatic nitrogens is 3. The molecule has 0 radical (unpaired) electrons. The molecule has 0 atom stereocenters. The molecule has 250 valence electrons. The monoisotopic (exact) mass is 687 g/mol. The van der Waals surface area contributed by atoms with Crippen LogP contribution in [0.4, 0.5) is 0 Å². The van der Waals surface area contributed by atoms with Crippen molar-refractivity contribution in [2.75, 3.05) is 0 Å². The van der Waals surface area contributed by atoms with Crippen molar-refractivity contribution in [2.24, 2.45) is 0 Å². The second-order valence-electron chi connectivity index (χ2n) is 13.5. The number of rotatable bonds is 5. The largest absolute Gasteiger partial charge is 0.309 e. The fourth-order valence-corrected chi connectivity index (χ4v) is 7.88. The molecule has 0 amide bonds. The lowest BCUT2D eigenvalue weighted by molar-refractivity contribution is 1.18. The van der Waals surface area contributed by atoms with Gasteiger partial charge in [-0.2, -0.15) is 10.5 Å². The van der Waals surface area contributed by atoms with Crippen LogP contribution in [0.3, 0.4) is 0 Å². The third-order valence-electron chi connectivity index (χ3n) is 10.4. The molecule has 54 heavy (non-hydrogen) atoms. The molecule has 0 N–H and O–H groups in total. The van der Waals surface area contributed by atoms with E-state index in [4.69, 9.17) is 4.98 Å². The minimum atomic E-state index is 0.347. The summed E-state index contributed by atoms with van der Waals surface area (Å²) in [4.78, 5) is 5.35. The lowest BCUT2D eigenvalue weighted by Crippen LogP contribution is -1.94. The highest BCUT2D eigenvalue weighted by atomic mass is 15.0. The Balaban J connectivity index is 1.20. The van der Waals surface area contributed by atoms with Crippen molar-refractivity contribution in [3.8, 4) is 57.2 Å². The summed E-state index contributed by atoms with van der Waals surface area (Å²) < 4.78 is 4.62. The molecule has 5 nitrogen and oxygen atoms in total. The van der Waals surface area contributed by atoms with Crippen LogP contribution in [0.1, 0.15) is 11.1 Å². The molecule has 5 heteroatoms. The van der Waals surface area contributed by atoms with Crippen LogP contribution in [0.15, 0.2) is 176 Å². The van der Waals surface area contributed by atoms with E-state index in [0.717, 1.165) is 77.9 Å². The number of para-hydroxylation sites is 4. The molecule has 0 fully saturated rings. The first-order valence-electron chi connectivity index (χ1n) is 17.8. The van der Waals surface area contributed by atoms with E-state index < -0.39 is 0 Å². The van der Waals surface area contributed by atoms with Gasteiger partial charge in [-0.05, 0) is 96.1 Å². The molecular formula is C49H29N5. The molecular weight excluding hydrogens is 659 g/mol. The summed E-state index contributed by atoms with van der Waals surface area (Å²) in [7, 11) is 0. The highest BCUT2D eigenvalue weighted by Crippen LogP contribution is 2.39. The fraction of sp³-hybridized carbons (Fsp3) is 0. The first-order chi connectivity index (χ1) is 26.7. The average molecular weight is 688 g/mol. The van der Waals surface area contributed by atoms with Gasteiger partial charge in [0, 0.05) is 44.0 Å². The molecule has 0 aliphatic carbocycles. The van der Waals surface area contributed by atoms with E-state index in [1.807, 2.05) is 18.2 Å². The van der Waals surface area contributed by atoms with E-state index in [1.54, 1.807) is 12.1 Å². The Morgan fingerprint density at radius 2 is 0.796 bits per heavy atom. The van der Waals surface area contributed by atoms with Crippen molar-refractivity contribution >= 4 is 43.6 Å². The summed E-state index contributed by atoms with van der Waals surface area (Å²) >= 11 is 0. The van der Waals surface area contributed by atoms with Crippen LogP contribution < -0.4 is 0 Å². The predicted octanol–water partition coefficient (Wildman–Crippen LogP) is 12.0. The molecule has 3 heterocycles. The zero-order valence-corrected chi connectivity index (χ0v) is 29.0. The van der Waals surface area contributed by atoms with Crippen LogP contribution in [0, 0.1) is 22.7 Å². The van der Waals surface area contributed by atoms with Gasteiger partial charge >= 0.3 is 0 Å². The van der Waals surface area contributed by atoms with Crippen molar-refractivity contribution < 1.29 is 0 Å². The first kappa shape index (κ1) is 31.0. The van der Waals surface area contributed by atoms with Crippen LogP contribution in [-0.2, 0) is 0 Å². The van der Waals surface area contributed by atoms with E-state index in [9.17, 15) is 10.5 Å². The highest BCUT2D eigenvalue weighted by molar-refractivity contribution is 6.11. The minimum Gasteiger partial charge on any atom is -0.309 e. The second-order valence-corrected chi connectivity index (χ2v) is 13.5. The molecule has 3 aromatic heterocycles. The number of pyridine rings is 1. The highest BCUT2D eigenvalue weighted by Gasteiger charge is 2.17. The topological polar surface area (TPSA) is 70.3 Å². The quantitative estimate of drug-likeness (QED) is 0.181. The van der Waals surface area contributed by atoms with Gasteiger partial charge in [0.25, 0.3) is 0 Å². The van der Waals surface area contributed by atoms with Gasteiger partial charge in [-0.1, -0.05) is 91.0 Å². The normalized spacial score (nSPS) is 11.3. The molecule has 0 bridgehead atoms. The standard InChI is InChI=1S/C49H29N5/c50-30-35-20-19-32(25-37(35)31-51)36-28-44(33-21-23-48-42(26-33)40-15-7-9-17-46(40)53(48)38-11-3-1-4-12-38)52-45(29-36)34-22-24-49-43(27-34)41-16-8-10-18-47(41)54(49)39-13-5-2-6-14-39/h1-29H. The van der Waals surface area contributed by atoms with Crippen molar-refractivity contribution in [3.63, 3.8) is 0 Å². The Labute approximate surface area is 311 Å². The van der Waals surface area contributed by atoms with E-state index >= 15 is 0 Å². The number of nitriles is 2. The third-order valence-corrected chi connectivity index (χ3v) is 10.4. The summed E-state index contributed by atoms with van der Waals surface area (Å²) in [6.07, 6.45) is 0. The lowest BCUT2D eigenvalue weighted by Gasteiger charge is -2.12. The number of nitrogens with zero attached hydrogens (tertiary/aromatic N) is 5. The average Bonchev–Trinajstić information content (AvgIpc) is 3.76. The summed E-state index contributed by atoms with van der Waals surface area (Å²) in [6, 6.07) is 65.1. The summed E-state index contributed by atoms with van der Waals surface area (Å²) in [6.45, 7) is 0. The van der Waals surface area contributed by atoms with E-state index in [2.05, 4.69) is 167 Å². The van der Waals surface area contributed by atoms with Gasteiger partial charge in [0.2, 0.25) is 0 Å². The van der Waals surface area contributed by atoms with Gasteiger partial charge in [-0.25, -0.2) is 4.98 Å². The Morgan fingerprint density at radius 1 is 0.352 bits per heavy atom. The van der Waals surface area contributed by atoms with Gasteiger partial charge < -0.3 is 9.13 Å². The van der Waals surface area contributed by atoms with Crippen molar-refractivity contribution in [2.45, 2.75) is 0 Å². The van der Waals surface area contributed by atoms with Crippen molar-refractivity contribution in [1.29, 1.82) is 10.5 Å². The number of hydrogen-bond acceptors (Lipinski definition) is 3. The Kier molecular flexibility index (Phi) is 7.18. The van der Waals surface area contributed by atoms with Crippen LogP contribution in [0.5, 0.6) is 0 Å². The van der Waals surface area contributed by atoms with Crippen molar-refractivity contribution in [1.82, 2.24) is 14.1 Å². The maximum Gasteiger partial charge on any atom is 0.101 e. The summed E-state index contributed by atoms with van der Waals surface area (Å²) in [5, 5.41) is 24.2. The lowest BCUT2D eigenvalue weighted by atomic mass is 9.96. The second kappa shape index (κ2) is 12.5. The van der Waals surface area contributed by atoms with Gasteiger partial charge in [0.05, 0.1) is 44.6 Å². The SMILES string of the molecule is N#Cc1ccc(-c2cc(-c3ccc4c(c3)c3ccccc3n4-c3ccccc3)nc(-c3ccc4c(c3)c3ccccc3n4-c3ccccc3)c2)cc1C#N.